The van der Waals surface area contributed by atoms with Crippen molar-refractivity contribution in [3.05, 3.63) is 6.54 Å². The van der Waals surface area contributed by atoms with Gasteiger partial charge in [0.25, 0.3) is 0 Å². The van der Waals surface area contributed by atoms with Crippen LogP contribution >= 0.6 is 0 Å². The van der Waals surface area contributed by atoms with Crippen LogP contribution in [0.15, 0.2) is 0 Å². The van der Waals surface area contributed by atoms with Crippen LogP contribution < -0.4 is 10.6 Å². The van der Waals surface area contributed by atoms with Gasteiger partial charge in [-0.1, -0.05) is 0 Å². The van der Waals surface area contributed by atoms with Gasteiger partial charge in [-0.2, -0.15) is 0 Å². The number of fused-ring (bicyclic) bond motifs is 1. The predicted octanol–water partition coefficient (Wildman–Crippen LogP) is -0.502. The van der Waals surface area contributed by atoms with E-state index in [9.17, 15) is 0 Å². The molecule has 57 valence electrons. The lowest BCUT2D eigenvalue weighted by molar-refractivity contribution is -0.000343. The van der Waals surface area contributed by atoms with E-state index < -0.39 is 0 Å². The van der Waals surface area contributed by atoms with Gasteiger partial charge < -0.3 is 15.4 Å². The summed E-state index contributed by atoms with van der Waals surface area (Å²) in [6.45, 7) is 4.88. The van der Waals surface area contributed by atoms with Crippen molar-refractivity contribution in [2.75, 3.05) is 19.7 Å². The van der Waals surface area contributed by atoms with Crippen LogP contribution in [0.5, 0.6) is 0 Å². The summed E-state index contributed by atoms with van der Waals surface area (Å²) in [5, 5.41) is 6.64. The number of morpholine rings is 1. The van der Waals surface area contributed by atoms with Crippen molar-refractivity contribution in [2.45, 2.75) is 18.6 Å². The van der Waals surface area contributed by atoms with Gasteiger partial charge in [-0.25, -0.2) is 0 Å². The summed E-state index contributed by atoms with van der Waals surface area (Å²) in [4.78, 5) is 0. The number of hydrogen-bond acceptors (Lipinski definition) is 3. The molecule has 2 atom stereocenters. The molecule has 0 aliphatic carbocycles. The smallest absolute Gasteiger partial charge is 0.0853 e. The largest absolute Gasteiger partial charge is 0.374 e. The third-order valence-electron chi connectivity index (χ3n) is 2.15. The summed E-state index contributed by atoms with van der Waals surface area (Å²) in [7, 11) is 0. The second-order valence-corrected chi connectivity index (χ2v) is 2.84. The van der Waals surface area contributed by atoms with E-state index in [0.717, 1.165) is 19.7 Å². The summed E-state index contributed by atoms with van der Waals surface area (Å²) >= 11 is 0. The van der Waals surface area contributed by atoms with Crippen molar-refractivity contribution in [1.82, 2.24) is 10.6 Å². The van der Waals surface area contributed by atoms with Crippen LogP contribution in [0.25, 0.3) is 0 Å². The molecule has 0 aromatic carbocycles. The Morgan fingerprint density at radius 2 is 2.50 bits per heavy atom. The lowest BCUT2D eigenvalue weighted by atomic mass is 10.0. The minimum absolute atomic E-state index is 0.402. The fourth-order valence-electron chi connectivity index (χ4n) is 1.57. The number of nitrogens with one attached hydrogen (secondary N) is 2. The first-order valence-electron chi connectivity index (χ1n) is 3.87. The van der Waals surface area contributed by atoms with Gasteiger partial charge in [-0.15, -0.1) is 0 Å². The van der Waals surface area contributed by atoms with E-state index in [4.69, 9.17) is 4.74 Å². The fourth-order valence-corrected chi connectivity index (χ4v) is 1.57. The van der Waals surface area contributed by atoms with Crippen LogP contribution in [0.4, 0.5) is 0 Å². The van der Waals surface area contributed by atoms with Gasteiger partial charge in [-0.05, 0) is 13.0 Å². The lowest BCUT2D eigenvalue weighted by Gasteiger charge is -2.36. The van der Waals surface area contributed by atoms with Crippen LogP contribution in [0, 0.1) is 6.54 Å². The molecule has 3 heteroatoms. The number of ether oxygens (including phenoxy) is 1. The van der Waals surface area contributed by atoms with E-state index in [1.54, 1.807) is 0 Å². The Morgan fingerprint density at radius 3 is 3.40 bits per heavy atom. The van der Waals surface area contributed by atoms with Crippen molar-refractivity contribution in [2.24, 2.45) is 0 Å². The highest BCUT2D eigenvalue weighted by Gasteiger charge is 2.27. The first-order chi connectivity index (χ1) is 4.97. The molecule has 3 nitrogen and oxygen atoms in total. The van der Waals surface area contributed by atoms with Gasteiger partial charge >= 0.3 is 0 Å². The van der Waals surface area contributed by atoms with Crippen LogP contribution in [0.3, 0.4) is 0 Å². The Balaban J connectivity index is 1.93. The predicted molar refractivity (Wildman–Crippen MR) is 38.5 cm³/mol. The maximum Gasteiger partial charge on any atom is 0.0853 e. The summed E-state index contributed by atoms with van der Waals surface area (Å²) in [5.74, 6) is 0. The topological polar surface area (TPSA) is 33.3 Å². The summed E-state index contributed by atoms with van der Waals surface area (Å²) in [5.41, 5.74) is 0. The molecule has 0 amide bonds. The van der Waals surface area contributed by atoms with Gasteiger partial charge in [0.15, 0.2) is 0 Å². The van der Waals surface area contributed by atoms with Crippen molar-refractivity contribution in [1.29, 1.82) is 0 Å². The normalized spacial score (nSPS) is 40.8. The van der Waals surface area contributed by atoms with Gasteiger partial charge in [0.1, 0.15) is 0 Å². The maximum atomic E-state index is 5.50. The molecule has 2 aliphatic rings. The highest BCUT2D eigenvalue weighted by atomic mass is 16.5. The number of hydrogen-bond donors (Lipinski definition) is 2. The molecule has 0 aromatic rings. The molecule has 0 saturated carbocycles. The molecule has 2 saturated heterocycles. The average molecular weight is 141 g/mol. The van der Waals surface area contributed by atoms with Crippen LogP contribution in [-0.4, -0.2) is 31.8 Å². The van der Waals surface area contributed by atoms with Gasteiger partial charge in [0, 0.05) is 19.1 Å². The molecular formula is C7H13N2O. The molecule has 10 heavy (non-hydrogen) atoms. The minimum Gasteiger partial charge on any atom is -0.374 e. The third-order valence-corrected chi connectivity index (χ3v) is 2.15. The van der Waals surface area contributed by atoms with Crippen molar-refractivity contribution < 1.29 is 4.74 Å². The lowest BCUT2D eigenvalue weighted by Crippen LogP contribution is -2.55. The molecule has 2 fully saturated rings. The molecule has 0 unspecified atom stereocenters. The van der Waals surface area contributed by atoms with Crippen LogP contribution in [0.1, 0.15) is 6.42 Å². The van der Waals surface area contributed by atoms with Gasteiger partial charge in [0.05, 0.1) is 12.7 Å². The second kappa shape index (κ2) is 2.86. The van der Waals surface area contributed by atoms with Crippen molar-refractivity contribution in [3.8, 4) is 0 Å². The molecule has 1 radical (unpaired) electrons. The average Bonchev–Trinajstić information content (AvgIpc) is 2.05. The second-order valence-electron chi connectivity index (χ2n) is 2.84. The summed E-state index contributed by atoms with van der Waals surface area (Å²) in [6.07, 6.45) is 1.58. The molecule has 0 aromatic heterocycles. The van der Waals surface area contributed by atoms with E-state index >= 15 is 0 Å². The zero-order valence-electron chi connectivity index (χ0n) is 5.97. The van der Waals surface area contributed by atoms with Crippen molar-refractivity contribution in [3.63, 3.8) is 0 Å². The van der Waals surface area contributed by atoms with Crippen LogP contribution in [-0.2, 0) is 4.74 Å². The molecule has 2 N–H and O–H groups in total. The van der Waals surface area contributed by atoms with Gasteiger partial charge in [-0.3, -0.25) is 0 Å². The highest BCUT2D eigenvalue weighted by molar-refractivity contribution is 4.90. The van der Waals surface area contributed by atoms with E-state index in [0.29, 0.717) is 12.1 Å². The number of rotatable bonds is 0. The minimum atomic E-state index is 0.402. The molecular weight excluding hydrogens is 128 g/mol. The third kappa shape index (κ3) is 1.17. The van der Waals surface area contributed by atoms with E-state index in [1.807, 2.05) is 6.54 Å². The van der Waals surface area contributed by atoms with E-state index in [1.165, 1.54) is 6.42 Å². The monoisotopic (exact) mass is 141 g/mol. The highest BCUT2D eigenvalue weighted by Crippen LogP contribution is 2.11. The summed E-state index contributed by atoms with van der Waals surface area (Å²) < 4.78 is 5.50. The zero-order valence-corrected chi connectivity index (χ0v) is 5.97. The Labute approximate surface area is 61.1 Å². The quantitative estimate of drug-likeness (QED) is 0.477. The molecule has 2 aliphatic heterocycles. The summed E-state index contributed by atoms with van der Waals surface area (Å²) in [6, 6.07) is 0.565. The Kier molecular flexibility index (Phi) is 1.88. The molecule has 2 rings (SSSR count). The zero-order chi connectivity index (χ0) is 6.81. The Hall–Kier alpha value is -0.120. The Bertz CT molecular complexity index is 92.2. The standard InChI is InChI=1S/C7H13N2O/c1-2-8-5-7-6(1)9-3-4-10-7/h3,6-9H,1-2,4-5H2/t6-,7-/m1/s1. The van der Waals surface area contributed by atoms with E-state index in [2.05, 4.69) is 10.6 Å². The first kappa shape index (κ1) is 6.58. The molecule has 0 bridgehead atoms. The van der Waals surface area contributed by atoms with Crippen molar-refractivity contribution >= 4 is 0 Å². The maximum absolute atomic E-state index is 5.50. The Morgan fingerprint density at radius 1 is 1.50 bits per heavy atom. The SMILES string of the molecule is [CH]1CO[C@@H]2CNCC[C@H]2N1. The van der Waals surface area contributed by atoms with Gasteiger partial charge in [0.2, 0.25) is 0 Å². The fraction of sp³-hybridized carbons (Fsp3) is 0.857. The van der Waals surface area contributed by atoms with Crippen LogP contribution in [0.2, 0.25) is 0 Å². The van der Waals surface area contributed by atoms with E-state index in [-0.39, 0.29) is 0 Å². The number of piperidine rings is 1. The molecule has 0 spiro atoms. The first-order valence-corrected chi connectivity index (χ1v) is 3.87. The molecule has 2 heterocycles.